The highest BCUT2D eigenvalue weighted by molar-refractivity contribution is 7.90. The first kappa shape index (κ1) is 13.9. The minimum Gasteiger partial charge on any atom is -0.314 e. The van der Waals surface area contributed by atoms with Gasteiger partial charge in [0.05, 0.1) is 5.75 Å². The van der Waals surface area contributed by atoms with Gasteiger partial charge < -0.3 is 5.32 Å². The van der Waals surface area contributed by atoms with E-state index in [4.69, 9.17) is 0 Å². The highest BCUT2D eigenvalue weighted by Crippen LogP contribution is 1.99. The first-order valence-corrected chi connectivity index (χ1v) is 7.43. The Bertz CT molecular complexity index is 224. The van der Waals surface area contributed by atoms with Crippen LogP contribution in [0.2, 0.25) is 0 Å². The third-order valence-corrected chi connectivity index (χ3v) is 3.21. The molecule has 3 nitrogen and oxygen atoms in total. The summed E-state index contributed by atoms with van der Waals surface area (Å²) in [5.41, 5.74) is 0. The van der Waals surface area contributed by atoms with Crippen LogP contribution in [0.25, 0.3) is 0 Å². The van der Waals surface area contributed by atoms with Crippen LogP contribution in [0, 0.1) is 0 Å². The summed E-state index contributed by atoms with van der Waals surface area (Å²) in [7, 11) is -2.78. The van der Waals surface area contributed by atoms with E-state index in [1.54, 1.807) is 0 Å². The molecule has 0 fully saturated rings. The van der Waals surface area contributed by atoms with E-state index in [1.165, 1.54) is 25.5 Å². The van der Waals surface area contributed by atoms with Crippen molar-refractivity contribution in [2.75, 3.05) is 18.6 Å². The van der Waals surface area contributed by atoms with Crippen molar-refractivity contribution in [1.82, 2.24) is 5.32 Å². The van der Waals surface area contributed by atoms with E-state index in [1.807, 2.05) is 0 Å². The molecule has 0 radical (unpaired) electrons. The molecule has 1 unspecified atom stereocenters. The lowest BCUT2D eigenvalue weighted by molar-refractivity contribution is 0.494. The summed E-state index contributed by atoms with van der Waals surface area (Å²) in [5, 5.41) is 3.33. The summed E-state index contributed by atoms with van der Waals surface area (Å²) < 4.78 is 21.6. The quantitative estimate of drug-likeness (QED) is 0.633. The second-order valence-corrected chi connectivity index (χ2v) is 6.24. The van der Waals surface area contributed by atoms with Crippen molar-refractivity contribution < 1.29 is 8.42 Å². The van der Waals surface area contributed by atoms with Crippen molar-refractivity contribution >= 4 is 9.84 Å². The molecule has 0 heterocycles. The number of sulfone groups is 1. The van der Waals surface area contributed by atoms with Crippen LogP contribution in [-0.2, 0) is 9.84 Å². The lowest BCUT2D eigenvalue weighted by Gasteiger charge is -2.12. The molecule has 0 saturated heterocycles. The zero-order valence-electron chi connectivity index (χ0n) is 9.54. The molecule has 4 heteroatoms. The maximum Gasteiger partial charge on any atom is 0.147 e. The molecular formula is C10H23NO2S. The number of hydrogen-bond donors (Lipinski definition) is 1. The van der Waals surface area contributed by atoms with Crippen LogP contribution in [0.15, 0.2) is 0 Å². The largest absolute Gasteiger partial charge is 0.314 e. The lowest BCUT2D eigenvalue weighted by atomic mass is 10.1. The highest BCUT2D eigenvalue weighted by Gasteiger charge is 2.03. The summed E-state index contributed by atoms with van der Waals surface area (Å²) in [6.45, 7) is 5.13. The molecule has 14 heavy (non-hydrogen) atoms. The van der Waals surface area contributed by atoms with Gasteiger partial charge in [-0.25, -0.2) is 8.42 Å². The predicted molar refractivity (Wildman–Crippen MR) is 61.3 cm³/mol. The molecule has 0 aliphatic carbocycles. The molecule has 0 spiro atoms. The Morgan fingerprint density at radius 1 is 1.29 bits per heavy atom. The average molecular weight is 221 g/mol. The highest BCUT2D eigenvalue weighted by atomic mass is 32.2. The molecule has 0 aromatic heterocycles. The van der Waals surface area contributed by atoms with E-state index in [9.17, 15) is 8.42 Å². The van der Waals surface area contributed by atoms with Crippen LogP contribution in [0.4, 0.5) is 0 Å². The third kappa shape index (κ3) is 9.99. The van der Waals surface area contributed by atoms with Gasteiger partial charge in [0.1, 0.15) is 9.84 Å². The fourth-order valence-corrected chi connectivity index (χ4v) is 1.96. The maximum atomic E-state index is 10.8. The van der Waals surface area contributed by atoms with E-state index in [-0.39, 0.29) is 0 Å². The second kappa shape index (κ2) is 7.23. The molecule has 86 valence electrons. The van der Waals surface area contributed by atoms with Gasteiger partial charge >= 0.3 is 0 Å². The number of rotatable bonds is 8. The van der Waals surface area contributed by atoms with Crippen molar-refractivity contribution in [3.05, 3.63) is 0 Å². The van der Waals surface area contributed by atoms with Gasteiger partial charge in [0, 0.05) is 12.3 Å². The maximum absolute atomic E-state index is 10.8. The Hall–Kier alpha value is -0.0900. The summed E-state index contributed by atoms with van der Waals surface area (Å²) in [6.07, 6.45) is 5.63. The van der Waals surface area contributed by atoms with Crippen LogP contribution in [0.3, 0.4) is 0 Å². The van der Waals surface area contributed by atoms with Crippen LogP contribution < -0.4 is 5.32 Å². The van der Waals surface area contributed by atoms with Crippen LogP contribution in [0.1, 0.15) is 39.5 Å². The smallest absolute Gasteiger partial charge is 0.147 e. The minimum atomic E-state index is -2.78. The van der Waals surface area contributed by atoms with Gasteiger partial charge in [0.25, 0.3) is 0 Å². The van der Waals surface area contributed by atoms with Gasteiger partial charge in [-0.2, -0.15) is 0 Å². The molecule has 0 aromatic carbocycles. The summed E-state index contributed by atoms with van der Waals surface area (Å²) in [5.74, 6) is 0.292. The third-order valence-electron chi connectivity index (χ3n) is 2.18. The first-order chi connectivity index (χ1) is 6.45. The topological polar surface area (TPSA) is 46.2 Å². The minimum absolute atomic E-state index is 0.292. The van der Waals surface area contributed by atoms with Crippen molar-refractivity contribution in [1.29, 1.82) is 0 Å². The Morgan fingerprint density at radius 3 is 2.43 bits per heavy atom. The zero-order chi connectivity index (χ0) is 11.0. The standard InChI is InChI=1S/C10H23NO2S/c1-4-5-7-10(2)11-8-6-9-14(3,12)13/h10-11H,4-9H2,1-3H3. The van der Waals surface area contributed by atoms with Gasteiger partial charge in [0.15, 0.2) is 0 Å². The van der Waals surface area contributed by atoms with Crippen LogP contribution in [-0.4, -0.2) is 33.0 Å². The van der Waals surface area contributed by atoms with Crippen LogP contribution in [0.5, 0.6) is 0 Å². The lowest BCUT2D eigenvalue weighted by Crippen LogP contribution is -2.28. The molecule has 0 aliphatic heterocycles. The summed E-state index contributed by atoms with van der Waals surface area (Å²) >= 11 is 0. The number of unbranched alkanes of at least 4 members (excludes halogenated alkanes) is 1. The zero-order valence-corrected chi connectivity index (χ0v) is 10.4. The molecule has 0 amide bonds. The van der Waals surface area contributed by atoms with Crippen LogP contribution >= 0.6 is 0 Å². The molecule has 1 atom stereocenters. The van der Waals surface area contributed by atoms with Gasteiger partial charge in [0.2, 0.25) is 0 Å². The van der Waals surface area contributed by atoms with E-state index in [0.29, 0.717) is 11.8 Å². The number of nitrogens with one attached hydrogen (secondary N) is 1. The van der Waals surface area contributed by atoms with E-state index >= 15 is 0 Å². The Morgan fingerprint density at radius 2 is 1.93 bits per heavy atom. The molecule has 0 rings (SSSR count). The molecule has 0 aliphatic rings. The molecule has 0 bridgehead atoms. The Balaban J connectivity index is 3.36. The molecule has 0 saturated carbocycles. The van der Waals surface area contributed by atoms with Gasteiger partial charge in [-0.05, 0) is 26.3 Å². The first-order valence-electron chi connectivity index (χ1n) is 5.37. The van der Waals surface area contributed by atoms with E-state index < -0.39 is 9.84 Å². The fraction of sp³-hybridized carbons (Fsp3) is 1.00. The Kier molecular flexibility index (Phi) is 7.19. The van der Waals surface area contributed by atoms with Crippen molar-refractivity contribution in [2.24, 2.45) is 0 Å². The van der Waals surface area contributed by atoms with Gasteiger partial charge in [-0.1, -0.05) is 19.8 Å². The predicted octanol–water partition coefficient (Wildman–Crippen LogP) is 1.59. The fourth-order valence-electron chi connectivity index (χ4n) is 1.30. The normalized spacial score (nSPS) is 14.2. The molecular weight excluding hydrogens is 198 g/mol. The second-order valence-electron chi connectivity index (χ2n) is 3.98. The monoisotopic (exact) mass is 221 g/mol. The Labute approximate surface area is 88.2 Å². The summed E-state index contributed by atoms with van der Waals surface area (Å²) in [6, 6.07) is 0.509. The summed E-state index contributed by atoms with van der Waals surface area (Å²) in [4.78, 5) is 0. The van der Waals surface area contributed by atoms with Crippen molar-refractivity contribution in [2.45, 2.75) is 45.6 Å². The molecule has 1 N–H and O–H groups in total. The van der Waals surface area contributed by atoms with Gasteiger partial charge in [-0.3, -0.25) is 0 Å². The van der Waals surface area contributed by atoms with Crippen molar-refractivity contribution in [3.8, 4) is 0 Å². The van der Waals surface area contributed by atoms with E-state index in [0.717, 1.165) is 13.0 Å². The average Bonchev–Trinajstić information content (AvgIpc) is 2.07. The van der Waals surface area contributed by atoms with Gasteiger partial charge in [-0.15, -0.1) is 0 Å². The van der Waals surface area contributed by atoms with E-state index in [2.05, 4.69) is 19.2 Å². The van der Waals surface area contributed by atoms with Crippen molar-refractivity contribution in [3.63, 3.8) is 0 Å². The molecule has 0 aromatic rings. The number of hydrogen-bond acceptors (Lipinski definition) is 3. The SMILES string of the molecule is CCCCC(C)NCCCS(C)(=O)=O.